The summed E-state index contributed by atoms with van der Waals surface area (Å²) in [7, 11) is 3.57. The van der Waals surface area contributed by atoms with Gasteiger partial charge in [-0.25, -0.2) is 0 Å². The van der Waals surface area contributed by atoms with Crippen LogP contribution in [0, 0.1) is 0 Å². The number of aryl methyl sites for hydroxylation is 2. The van der Waals surface area contributed by atoms with Crippen molar-refractivity contribution in [1.82, 2.24) is 29.8 Å². The number of hydrogen-bond acceptors (Lipinski definition) is 5. The summed E-state index contributed by atoms with van der Waals surface area (Å²) >= 11 is 0. The van der Waals surface area contributed by atoms with Crippen LogP contribution in [0.4, 0.5) is 0 Å². The van der Waals surface area contributed by atoms with Crippen LogP contribution in [0.15, 0.2) is 36.7 Å². The lowest BCUT2D eigenvalue weighted by atomic mass is 10.0. The van der Waals surface area contributed by atoms with Gasteiger partial charge >= 0.3 is 0 Å². The average Bonchev–Trinajstić information content (AvgIpc) is 3.35. The molecule has 8 heteroatoms. The molecule has 0 bridgehead atoms. The lowest BCUT2D eigenvalue weighted by Gasteiger charge is -2.27. The molecule has 0 saturated carbocycles. The van der Waals surface area contributed by atoms with Gasteiger partial charge in [0.2, 0.25) is 0 Å². The molecule has 1 aromatic carbocycles. The van der Waals surface area contributed by atoms with Crippen molar-refractivity contribution in [1.29, 1.82) is 0 Å². The molecular weight excluding hydrogens is 380 g/mol. The topological polar surface area (TPSA) is 77.2 Å². The number of ether oxygens (including phenoxy) is 1. The fourth-order valence-corrected chi connectivity index (χ4v) is 3.95. The van der Waals surface area contributed by atoms with Crippen LogP contribution in [-0.4, -0.2) is 44.0 Å². The molecule has 8 nitrogen and oxygen atoms in total. The minimum atomic E-state index is -0.127. The van der Waals surface area contributed by atoms with Crippen molar-refractivity contribution in [3.05, 3.63) is 64.7 Å². The van der Waals surface area contributed by atoms with E-state index in [0.29, 0.717) is 12.2 Å². The third-order valence-corrected chi connectivity index (χ3v) is 5.50. The summed E-state index contributed by atoms with van der Waals surface area (Å²) in [6, 6.07) is 7.70. The molecule has 4 rings (SSSR count). The van der Waals surface area contributed by atoms with Crippen molar-refractivity contribution >= 4 is 5.91 Å². The smallest absolute Gasteiger partial charge is 0.272 e. The lowest BCUT2D eigenvalue weighted by molar-refractivity contribution is 0.0942. The molecule has 158 valence electrons. The van der Waals surface area contributed by atoms with Crippen molar-refractivity contribution < 1.29 is 9.53 Å². The summed E-state index contributed by atoms with van der Waals surface area (Å²) in [5.41, 5.74) is 4.95. The molecule has 0 aliphatic carbocycles. The second-order valence-corrected chi connectivity index (χ2v) is 7.60. The average molecular weight is 409 g/mol. The molecule has 0 unspecified atom stereocenters. The number of nitrogens with one attached hydrogen (secondary N) is 1. The van der Waals surface area contributed by atoms with E-state index in [1.54, 1.807) is 7.11 Å². The number of hydrogen-bond donors (Lipinski definition) is 1. The van der Waals surface area contributed by atoms with Crippen LogP contribution >= 0.6 is 0 Å². The van der Waals surface area contributed by atoms with Crippen molar-refractivity contribution in [3.8, 4) is 5.75 Å². The standard InChI is InChI=1S/C22H28N6O2/c1-4-28-20-9-10-27(14-17-12-24-26(2)13-17)15-19(20)21(25-28)22(29)23-11-16-5-7-18(30-3)8-6-16/h5-8,12-13H,4,9-11,14-15H2,1-3H3,(H,23,29). The molecule has 3 aromatic rings. The van der Waals surface area contributed by atoms with Crippen LogP contribution in [0.2, 0.25) is 0 Å². The van der Waals surface area contributed by atoms with E-state index in [1.807, 2.05) is 53.1 Å². The number of nitrogens with zero attached hydrogens (tertiary/aromatic N) is 5. The molecule has 1 amide bonds. The van der Waals surface area contributed by atoms with Gasteiger partial charge in [0.15, 0.2) is 5.69 Å². The first kappa shape index (κ1) is 20.2. The summed E-state index contributed by atoms with van der Waals surface area (Å²) in [6.45, 7) is 5.76. The van der Waals surface area contributed by atoms with Gasteiger partial charge in [-0.05, 0) is 24.6 Å². The summed E-state index contributed by atoms with van der Waals surface area (Å²) in [5.74, 6) is 0.673. The quantitative estimate of drug-likeness (QED) is 0.648. The predicted molar refractivity (Wildman–Crippen MR) is 113 cm³/mol. The predicted octanol–water partition coefficient (Wildman–Crippen LogP) is 2.13. The van der Waals surface area contributed by atoms with E-state index in [9.17, 15) is 4.79 Å². The summed E-state index contributed by atoms with van der Waals surface area (Å²) in [4.78, 5) is 15.3. The van der Waals surface area contributed by atoms with E-state index in [0.717, 1.165) is 49.5 Å². The molecule has 1 aliphatic rings. The Balaban J connectivity index is 1.48. The van der Waals surface area contributed by atoms with E-state index >= 15 is 0 Å². The van der Waals surface area contributed by atoms with Crippen LogP contribution < -0.4 is 10.1 Å². The number of methoxy groups -OCH3 is 1. The fraction of sp³-hybridized carbons (Fsp3) is 0.409. The van der Waals surface area contributed by atoms with Crippen LogP contribution in [0.5, 0.6) is 5.75 Å². The minimum absolute atomic E-state index is 0.127. The highest BCUT2D eigenvalue weighted by Crippen LogP contribution is 2.24. The zero-order chi connectivity index (χ0) is 21.1. The van der Waals surface area contributed by atoms with Crippen LogP contribution in [0.25, 0.3) is 0 Å². The van der Waals surface area contributed by atoms with Crippen LogP contribution in [0.3, 0.4) is 0 Å². The van der Waals surface area contributed by atoms with Crippen LogP contribution in [0.1, 0.15) is 39.8 Å². The first-order chi connectivity index (χ1) is 14.6. The SMILES string of the molecule is CCn1nc(C(=O)NCc2ccc(OC)cc2)c2c1CCN(Cc1cnn(C)c1)C2. The summed E-state index contributed by atoms with van der Waals surface area (Å²) in [6.07, 6.45) is 4.82. The lowest BCUT2D eigenvalue weighted by Crippen LogP contribution is -2.32. The molecule has 2 aromatic heterocycles. The van der Waals surface area contributed by atoms with E-state index in [2.05, 4.69) is 27.3 Å². The van der Waals surface area contributed by atoms with Gasteiger partial charge in [-0.15, -0.1) is 0 Å². The number of carbonyl (C=O) groups excluding carboxylic acids is 1. The van der Waals surface area contributed by atoms with Crippen molar-refractivity contribution in [2.45, 2.75) is 39.5 Å². The van der Waals surface area contributed by atoms with Gasteiger partial charge in [0, 0.05) is 69.2 Å². The Morgan fingerprint density at radius 1 is 1.23 bits per heavy atom. The van der Waals surface area contributed by atoms with E-state index in [1.165, 1.54) is 11.3 Å². The molecular formula is C22H28N6O2. The number of aromatic nitrogens is 4. The van der Waals surface area contributed by atoms with E-state index < -0.39 is 0 Å². The number of fused-ring (bicyclic) bond motifs is 1. The van der Waals surface area contributed by atoms with Crippen molar-refractivity contribution in [2.24, 2.45) is 7.05 Å². The maximum atomic E-state index is 13.0. The summed E-state index contributed by atoms with van der Waals surface area (Å²) in [5, 5.41) is 11.9. The Labute approximate surface area is 176 Å². The second-order valence-electron chi connectivity index (χ2n) is 7.60. The molecule has 30 heavy (non-hydrogen) atoms. The fourth-order valence-electron chi connectivity index (χ4n) is 3.95. The largest absolute Gasteiger partial charge is 0.497 e. The summed E-state index contributed by atoms with van der Waals surface area (Å²) < 4.78 is 8.97. The van der Waals surface area contributed by atoms with Gasteiger partial charge in [0.05, 0.1) is 13.3 Å². The Morgan fingerprint density at radius 3 is 2.70 bits per heavy atom. The highest BCUT2D eigenvalue weighted by molar-refractivity contribution is 5.94. The number of carbonyl (C=O) groups is 1. The molecule has 3 heterocycles. The van der Waals surface area contributed by atoms with Gasteiger partial charge < -0.3 is 10.1 Å². The minimum Gasteiger partial charge on any atom is -0.497 e. The molecule has 1 N–H and O–H groups in total. The van der Waals surface area contributed by atoms with Crippen molar-refractivity contribution in [3.63, 3.8) is 0 Å². The number of amides is 1. The van der Waals surface area contributed by atoms with Crippen LogP contribution in [-0.2, 0) is 39.6 Å². The monoisotopic (exact) mass is 408 g/mol. The van der Waals surface area contributed by atoms with Crippen molar-refractivity contribution in [2.75, 3.05) is 13.7 Å². The zero-order valence-electron chi connectivity index (χ0n) is 17.8. The highest BCUT2D eigenvalue weighted by atomic mass is 16.5. The molecule has 0 saturated heterocycles. The van der Waals surface area contributed by atoms with Gasteiger partial charge in [-0.3, -0.25) is 19.1 Å². The Kier molecular flexibility index (Phi) is 5.85. The Morgan fingerprint density at radius 2 is 2.03 bits per heavy atom. The van der Waals surface area contributed by atoms with Gasteiger partial charge in [-0.1, -0.05) is 12.1 Å². The van der Waals surface area contributed by atoms with Gasteiger partial charge in [-0.2, -0.15) is 10.2 Å². The Hall–Kier alpha value is -3.13. The molecule has 0 fully saturated rings. The molecule has 1 aliphatic heterocycles. The van der Waals surface area contributed by atoms with Gasteiger partial charge in [0.25, 0.3) is 5.91 Å². The first-order valence-electron chi connectivity index (χ1n) is 10.3. The highest BCUT2D eigenvalue weighted by Gasteiger charge is 2.27. The zero-order valence-corrected chi connectivity index (χ0v) is 17.8. The number of rotatable bonds is 7. The third kappa shape index (κ3) is 4.23. The molecule has 0 spiro atoms. The maximum Gasteiger partial charge on any atom is 0.272 e. The maximum absolute atomic E-state index is 13.0. The van der Waals surface area contributed by atoms with Gasteiger partial charge in [0.1, 0.15) is 5.75 Å². The Bertz CT molecular complexity index is 1020. The first-order valence-corrected chi connectivity index (χ1v) is 10.3. The second kappa shape index (κ2) is 8.71. The third-order valence-electron chi connectivity index (χ3n) is 5.50. The van der Waals surface area contributed by atoms with E-state index in [-0.39, 0.29) is 5.91 Å². The molecule has 0 atom stereocenters. The molecule has 0 radical (unpaired) electrons. The van der Waals surface area contributed by atoms with E-state index in [4.69, 9.17) is 4.74 Å². The number of benzene rings is 1. The normalized spacial score (nSPS) is 13.8.